The van der Waals surface area contributed by atoms with E-state index in [0.29, 0.717) is 18.2 Å². The summed E-state index contributed by atoms with van der Waals surface area (Å²) in [5.74, 6) is 0. The van der Waals surface area contributed by atoms with Gasteiger partial charge in [0, 0.05) is 19.3 Å². The Bertz CT molecular complexity index is 446. The fraction of sp³-hybridized carbons (Fsp3) is 0.167. The van der Waals surface area contributed by atoms with Gasteiger partial charge in [-0.2, -0.15) is 0 Å². The summed E-state index contributed by atoms with van der Waals surface area (Å²) in [5.41, 5.74) is 0.809. The van der Waals surface area contributed by atoms with Crippen molar-refractivity contribution in [3.63, 3.8) is 0 Å². The molecule has 0 aliphatic rings. The number of pyridine rings is 1. The maximum Gasteiger partial charge on any atom is 0.194 e. The average Bonchev–Trinajstić information content (AvgIpc) is 2.29. The fourth-order valence-corrected chi connectivity index (χ4v) is 1.34. The number of hydrogen-bond acceptors (Lipinski definition) is 1. The fourth-order valence-electron chi connectivity index (χ4n) is 1.17. The first-order chi connectivity index (χ1) is 7.77. The Balaban J connectivity index is 2.92. The van der Waals surface area contributed by atoms with Gasteiger partial charge in [-0.25, -0.2) is 4.99 Å². The molecule has 16 heavy (non-hydrogen) atoms. The first-order valence-electron chi connectivity index (χ1n) is 4.97. The molecule has 0 aromatic carbocycles. The zero-order chi connectivity index (χ0) is 11.8. The summed E-state index contributed by atoms with van der Waals surface area (Å²) in [6, 6.07) is 5.78. The van der Waals surface area contributed by atoms with Crippen LogP contribution in [0, 0.1) is 0 Å². The van der Waals surface area contributed by atoms with Crippen molar-refractivity contribution in [3.8, 4) is 0 Å². The first-order valence-corrected chi connectivity index (χ1v) is 5.38. The minimum Gasteiger partial charge on any atom is -0.357 e. The lowest BCUT2D eigenvalue weighted by Gasteiger charge is -2.04. The highest BCUT2D eigenvalue weighted by Gasteiger charge is 1.92. The zero-order valence-electron chi connectivity index (χ0n) is 9.10. The van der Waals surface area contributed by atoms with Crippen molar-refractivity contribution in [2.45, 2.75) is 6.54 Å². The van der Waals surface area contributed by atoms with Crippen molar-refractivity contribution in [2.24, 2.45) is 4.99 Å². The van der Waals surface area contributed by atoms with E-state index in [9.17, 15) is 0 Å². The molecule has 1 aromatic rings. The van der Waals surface area contributed by atoms with Crippen LogP contribution in [0.4, 0.5) is 0 Å². The van der Waals surface area contributed by atoms with E-state index in [0.717, 1.165) is 5.49 Å². The van der Waals surface area contributed by atoms with Gasteiger partial charge in [-0.3, -0.25) is 0 Å². The van der Waals surface area contributed by atoms with E-state index in [-0.39, 0.29) is 0 Å². The summed E-state index contributed by atoms with van der Waals surface area (Å²) in [6.45, 7) is 8.64. The van der Waals surface area contributed by atoms with E-state index < -0.39 is 0 Å². The smallest absolute Gasteiger partial charge is 0.194 e. The van der Waals surface area contributed by atoms with Crippen molar-refractivity contribution in [2.75, 3.05) is 6.54 Å². The quantitative estimate of drug-likeness (QED) is 0.633. The molecule has 1 aromatic heterocycles. The highest BCUT2D eigenvalue weighted by Crippen LogP contribution is 1.84. The normalized spacial score (nSPS) is 10.9. The van der Waals surface area contributed by atoms with Gasteiger partial charge in [-0.15, -0.1) is 13.2 Å². The van der Waals surface area contributed by atoms with Crippen LogP contribution in [-0.4, -0.2) is 16.2 Å². The van der Waals surface area contributed by atoms with Crippen LogP contribution >= 0.6 is 12.2 Å². The molecule has 0 amide bonds. The van der Waals surface area contributed by atoms with Crippen molar-refractivity contribution < 1.29 is 0 Å². The summed E-state index contributed by atoms with van der Waals surface area (Å²) in [6.07, 6.45) is 5.50. The lowest BCUT2D eigenvalue weighted by molar-refractivity contribution is 0.763. The third kappa shape index (κ3) is 3.82. The molecule has 84 valence electrons. The van der Waals surface area contributed by atoms with Gasteiger partial charge in [0.1, 0.15) is 5.49 Å². The van der Waals surface area contributed by atoms with E-state index in [2.05, 4.69) is 23.5 Å². The Labute approximate surface area is 101 Å². The van der Waals surface area contributed by atoms with Gasteiger partial charge in [-0.05, 0) is 24.4 Å². The molecule has 0 unspecified atom stereocenters. The van der Waals surface area contributed by atoms with Crippen LogP contribution in [0.2, 0.25) is 0 Å². The van der Waals surface area contributed by atoms with Crippen LogP contribution in [0.1, 0.15) is 0 Å². The van der Waals surface area contributed by atoms with Gasteiger partial charge in [0.15, 0.2) is 5.11 Å². The maximum absolute atomic E-state index is 5.08. The van der Waals surface area contributed by atoms with Gasteiger partial charge in [0.25, 0.3) is 0 Å². The van der Waals surface area contributed by atoms with Gasteiger partial charge < -0.3 is 9.88 Å². The molecule has 1 N–H and O–H groups in total. The van der Waals surface area contributed by atoms with Crippen LogP contribution in [0.15, 0.2) is 54.7 Å². The van der Waals surface area contributed by atoms with E-state index >= 15 is 0 Å². The highest BCUT2D eigenvalue weighted by molar-refractivity contribution is 7.80. The Morgan fingerprint density at radius 3 is 2.94 bits per heavy atom. The number of aromatic nitrogens is 1. The van der Waals surface area contributed by atoms with Crippen LogP contribution < -0.4 is 10.8 Å². The maximum atomic E-state index is 5.08. The Morgan fingerprint density at radius 2 is 2.25 bits per heavy atom. The number of nitrogens with zero attached hydrogens (tertiary/aromatic N) is 2. The van der Waals surface area contributed by atoms with E-state index in [4.69, 9.17) is 12.2 Å². The summed E-state index contributed by atoms with van der Waals surface area (Å²) in [5, 5.41) is 3.42. The Morgan fingerprint density at radius 1 is 1.44 bits per heavy atom. The van der Waals surface area contributed by atoms with E-state index in [1.807, 2.05) is 35.0 Å². The Hall–Kier alpha value is -1.68. The number of thiocarbonyl (C=S) groups is 1. The van der Waals surface area contributed by atoms with Crippen LogP contribution in [0.25, 0.3) is 0 Å². The largest absolute Gasteiger partial charge is 0.357 e. The van der Waals surface area contributed by atoms with Gasteiger partial charge in [0.2, 0.25) is 0 Å². The third-order valence-electron chi connectivity index (χ3n) is 1.86. The predicted molar refractivity (Wildman–Crippen MR) is 71.0 cm³/mol. The summed E-state index contributed by atoms with van der Waals surface area (Å²) >= 11 is 5.08. The summed E-state index contributed by atoms with van der Waals surface area (Å²) in [4.78, 5) is 4.30. The van der Waals surface area contributed by atoms with Crippen LogP contribution in [0.3, 0.4) is 0 Å². The first kappa shape index (κ1) is 12.4. The molecule has 0 atom stereocenters. The SMILES string of the molecule is C=CCNC(=S)N=c1ccccn1CC=C. The lowest BCUT2D eigenvalue weighted by atomic mass is 10.4. The summed E-state index contributed by atoms with van der Waals surface area (Å²) in [7, 11) is 0. The predicted octanol–water partition coefficient (Wildman–Crippen LogP) is 1.64. The van der Waals surface area contributed by atoms with Crippen molar-refractivity contribution in [1.29, 1.82) is 0 Å². The lowest BCUT2D eigenvalue weighted by Crippen LogP contribution is -2.26. The third-order valence-corrected chi connectivity index (χ3v) is 2.09. The molecular formula is C12H15N3S. The number of rotatable bonds is 4. The van der Waals surface area contributed by atoms with Crippen molar-refractivity contribution >= 4 is 17.3 Å². The Kier molecular flexibility index (Phi) is 5.22. The monoisotopic (exact) mass is 233 g/mol. The van der Waals surface area contributed by atoms with Gasteiger partial charge >= 0.3 is 0 Å². The second-order valence-corrected chi connectivity index (χ2v) is 3.47. The molecule has 0 saturated carbocycles. The molecule has 0 saturated heterocycles. The zero-order valence-corrected chi connectivity index (χ0v) is 9.91. The second-order valence-electron chi connectivity index (χ2n) is 3.09. The van der Waals surface area contributed by atoms with E-state index in [1.165, 1.54) is 0 Å². The highest BCUT2D eigenvalue weighted by atomic mass is 32.1. The van der Waals surface area contributed by atoms with Crippen molar-refractivity contribution in [1.82, 2.24) is 9.88 Å². The number of allylic oxidation sites excluding steroid dienone is 1. The number of nitrogens with one attached hydrogen (secondary N) is 1. The second kappa shape index (κ2) is 6.74. The standard InChI is InChI=1S/C12H15N3S/c1-3-8-13-12(16)14-11-7-5-6-10-15(11)9-4-2/h3-7,10H,1-2,8-9H2,(H,13,16). The van der Waals surface area contributed by atoms with Crippen LogP contribution in [-0.2, 0) is 6.54 Å². The molecule has 1 heterocycles. The minimum absolute atomic E-state index is 0.462. The molecule has 0 fully saturated rings. The molecule has 1 rings (SSSR count). The molecule has 0 aliphatic carbocycles. The summed E-state index contributed by atoms with van der Waals surface area (Å²) < 4.78 is 1.97. The topological polar surface area (TPSA) is 29.3 Å². The molecule has 0 bridgehead atoms. The van der Waals surface area contributed by atoms with Gasteiger partial charge in [-0.1, -0.05) is 18.2 Å². The van der Waals surface area contributed by atoms with E-state index in [1.54, 1.807) is 6.08 Å². The van der Waals surface area contributed by atoms with Gasteiger partial charge in [0.05, 0.1) is 0 Å². The molecule has 3 nitrogen and oxygen atoms in total. The molecule has 4 heteroatoms. The van der Waals surface area contributed by atoms with Crippen LogP contribution in [0.5, 0.6) is 0 Å². The average molecular weight is 233 g/mol. The number of hydrogen-bond donors (Lipinski definition) is 1. The van der Waals surface area contributed by atoms with Crippen molar-refractivity contribution in [3.05, 3.63) is 55.2 Å². The minimum atomic E-state index is 0.462. The molecular weight excluding hydrogens is 218 g/mol. The molecule has 0 spiro atoms. The molecule has 0 aliphatic heterocycles. The molecule has 0 radical (unpaired) electrons.